The molecule has 0 bridgehead atoms. The molecule has 0 aliphatic carbocycles. The molecule has 8 heteroatoms. The van der Waals surface area contributed by atoms with Crippen LogP contribution in [0.5, 0.6) is 0 Å². The fourth-order valence-corrected chi connectivity index (χ4v) is 1.80. The van der Waals surface area contributed by atoms with E-state index in [1.165, 1.54) is 0 Å². The van der Waals surface area contributed by atoms with E-state index in [0.29, 0.717) is 13.0 Å². The number of carbonyl (C=O) groups is 3. The lowest BCUT2D eigenvalue weighted by molar-refractivity contribution is -0.129. The van der Waals surface area contributed by atoms with Crippen molar-refractivity contribution in [2.75, 3.05) is 6.54 Å². The molecule has 1 saturated heterocycles. The molecule has 2 unspecified atom stereocenters. The largest absolute Gasteiger partial charge is 0.465 e. The molecule has 0 radical (unpaired) electrons. The molecule has 0 saturated carbocycles. The van der Waals surface area contributed by atoms with Crippen LogP contribution >= 0.6 is 0 Å². The fourth-order valence-electron chi connectivity index (χ4n) is 1.80. The Balaban J connectivity index is 2.65. The second-order valence-electron chi connectivity index (χ2n) is 3.92. The molecule has 3 atom stereocenters. The fraction of sp³-hybridized carbons (Fsp3) is 0.667. The minimum atomic E-state index is -1.64. The van der Waals surface area contributed by atoms with E-state index in [0.717, 1.165) is 0 Å². The quantitative estimate of drug-likeness (QED) is 0.380. The first kappa shape index (κ1) is 13.2. The van der Waals surface area contributed by atoms with Gasteiger partial charge in [0.05, 0.1) is 6.04 Å². The normalized spacial score (nSPS) is 22.6. The maximum atomic E-state index is 11.3. The molecular formula is C9H15N3O5. The molecule has 0 aromatic heterocycles. The van der Waals surface area contributed by atoms with E-state index < -0.39 is 30.1 Å². The number of nitrogens with one attached hydrogen (secondary N) is 2. The topological polar surface area (TPSA) is 142 Å². The Hall–Kier alpha value is -1.83. The van der Waals surface area contributed by atoms with Gasteiger partial charge >= 0.3 is 6.09 Å². The molecule has 0 aromatic rings. The third kappa shape index (κ3) is 3.59. The average molecular weight is 245 g/mol. The van der Waals surface area contributed by atoms with Crippen molar-refractivity contribution in [1.82, 2.24) is 10.6 Å². The summed E-state index contributed by atoms with van der Waals surface area (Å²) >= 11 is 0. The first-order chi connectivity index (χ1) is 7.91. The third-order valence-corrected chi connectivity index (χ3v) is 2.68. The first-order valence-corrected chi connectivity index (χ1v) is 5.16. The Morgan fingerprint density at radius 3 is 2.65 bits per heavy atom. The van der Waals surface area contributed by atoms with Gasteiger partial charge in [0.25, 0.3) is 0 Å². The Morgan fingerprint density at radius 1 is 1.59 bits per heavy atom. The van der Waals surface area contributed by atoms with Crippen molar-refractivity contribution in [1.29, 1.82) is 0 Å². The number of primary amides is 1. The van der Waals surface area contributed by atoms with Gasteiger partial charge in [0.1, 0.15) is 0 Å². The number of amides is 3. The van der Waals surface area contributed by atoms with Gasteiger partial charge < -0.3 is 26.6 Å². The zero-order chi connectivity index (χ0) is 13.0. The van der Waals surface area contributed by atoms with Gasteiger partial charge in [0.2, 0.25) is 11.8 Å². The Labute approximate surface area is 97.2 Å². The van der Waals surface area contributed by atoms with Crippen molar-refractivity contribution < 1.29 is 24.6 Å². The molecule has 8 nitrogen and oxygen atoms in total. The zero-order valence-electron chi connectivity index (χ0n) is 9.05. The van der Waals surface area contributed by atoms with Gasteiger partial charge in [-0.3, -0.25) is 9.59 Å². The van der Waals surface area contributed by atoms with Crippen molar-refractivity contribution in [3.8, 4) is 0 Å². The highest BCUT2D eigenvalue weighted by Gasteiger charge is 2.33. The third-order valence-electron chi connectivity index (χ3n) is 2.68. The zero-order valence-corrected chi connectivity index (χ0v) is 9.05. The van der Waals surface area contributed by atoms with E-state index in [4.69, 9.17) is 10.8 Å². The van der Waals surface area contributed by atoms with Gasteiger partial charge in [-0.15, -0.1) is 0 Å². The van der Waals surface area contributed by atoms with Crippen LogP contribution in [0.2, 0.25) is 0 Å². The van der Waals surface area contributed by atoms with Crippen LogP contribution in [-0.4, -0.2) is 46.8 Å². The standard InChI is InChI=1S/C9H15N3O5/c10-7(14)6(13)5(12-9(16)17)3-4-1-2-11-8(4)15/h4-6,12-13H,1-3H2,(H2,10,14)(H,11,15)(H,16,17)/t4-,5?,6?/m0/s1. The molecular weight excluding hydrogens is 230 g/mol. The molecule has 1 aliphatic rings. The number of hydrogen-bond donors (Lipinski definition) is 5. The summed E-state index contributed by atoms with van der Waals surface area (Å²) in [4.78, 5) is 32.6. The van der Waals surface area contributed by atoms with E-state index >= 15 is 0 Å². The minimum Gasteiger partial charge on any atom is -0.465 e. The van der Waals surface area contributed by atoms with Crippen LogP contribution in [-0.2, 0) is 9.59 Å². The van der Waals surface area contributed by atoms with E-state index in [1.54, 1.807) is 0 Å². The van der Waals surface area contributed by atoms with Crippen LogP contribution in [0.1, 0.15) is 12.8 Å². The molecule has 1 aliphatic heterocycles. The van der Waals surface area contributed by atoms with Gasteiger partial charge in [-0.2, -0.15) is 0 Å². The molecule has 3 amide bonds. The highest BCUT2D eigenvalue weighted by molar-refractivity contribution is 5.82. The Bertz CT molecular complexity index is 333. The van der Waals surface area contributed by atoms with Crippen LogP contribution < -0.4 is 16.4 Å². The molecule has 17 heavy (non-hydrogen) atoms. The summed E-state index contributed by atoms with van der Waals surface area (Å²) in [7, 11) is 0. The second-order valence-corrected chi connectivity index (χ2v) is 3.92. The van der Waals surface area contributed by atoms with Crippen molar-refractivity contribution >= 4 is 17.9 Å². The highest BCUT2D eigenvalue weighted by Crippen LogP contribution is 2.17. The van der Waals surface area contributed by atoms with Crippen molar-refractivity contribution in [3.63, 3.8) is 0 Å². The lowest BCUT2D eigenvalue weighted by Gasteiger charge is -2.22. The summed E-state index contributed by atoms with van der Waals surface area (Å²) in [5.41, 5.74) is 4.90. The van der Waals surface area contributed by atoms with E-state index in [2.05, 4.69) is 5.32 Å². The van der Waals surface area contributed by atoms with Crippen LogP contribution in [0.4, 0.5) is 4.79 Å². The number of rotatable bonds is 5. The van der Waals surface area contributed by atoms with Crippen LogP contribution in [0.25, 0.3) is 0 Å². The lowest BCUT2D eigenvalue weighted by atomic mass is 9.95. The predicted molar refractivity (Wildman–Crippen MR) is 55.9 cm³/mol. The highest BCUT2D eigenvalue weighted by atomic mass is 16.4. The minimum absolute atomic E-state index is 0.0439. The summed E-state index contributed by atoms with van der Waals surface area (Å²) in [6.45, 7) is 0.510. The lowest BCUT2D eigenvalue weighted by Crippen LogP contribution is -2.50. The summed E-state index contributed by atoms with van der Waals surface area (Å²) in [5, 5.41) is 22.6. The monoisotopic (exact) mass is 245 g/mol. The number of nitrogens with two attached hydrogens (primary N) is 1. The summed E-state index contributed by atoms with van der Waals surface area (Å²) in [6.07, 6.45) is -2.43. The van der Waals surface area contributed by atoms with E-state index in [1.807, 2.05) is 5.32 Å². The number of carbonyl (C=O) groups excluding carboxylic acids is 2. The van der Waals surface area contributed by atoms with Crippen LogP contribution in [0.3, 0.4) is 0 Å². The maximum absolute atomic E-state index is 11.3. The number of aliphatic hydroxyl groups is 1. The molecule has 1 rings (SSSR count). The SMILES string of the molecule is NC(=O)C(O)C(C[C@@H]1CCNC1=O)NC(=O)O. The van der Waals surface area contributed by atoms with Gasteiger partial charge in [-0.05, 0) is 12.8 Å². The van der Waals surface area contributed by atoms with Gasteiger partial charge in [-0.25, -0.2) is 4.79 Å². The van der Waals surface area contributed by atoms with Gasteiger partial charge in [0.15, 0.2) is 6.10 Å². The van der Waals surface area contributed by atoms with Gasteiger partial charge in [-0.1, -0.05) is 0 Å². The van der Waals surface area contributed by atoms with E-state index in [9.17, 15) is 19.5 Å². The van der Waals surface area contributed by atoms with Crippen molar-refractivity contribution in [2.24, 2.45) is 11.7 Å². The molecule has 1 fully saturated rings. The molecule has 1 heterocycles. The second kappa shape index (κ2) is 5.48. The van der Waals surface area contributed by atoms with Crippen molar-refractivity contribution in [2.45, 2.75) is 25.0 Å². The first-order valence-electron chi connectivity index (χ1n) is 5.16. The molecule has 0 spiro atoms. The van der Waals surface area contributed by atoms with E-state index in [-0.39, 0.29) is 12.3 Å². The molecule has 96 valence electrons. The average Bonchev–Trinajstić information content (AvgIpc) is 2.61. The smallest absolute Gasteiger partial charge is 0.404 e. The number of carboxylic acid groups (broad SMARTS) is 1. The summed E-state index contributed by atoms with van der Waals surface area (Å²) in [5.74, 6) is -1.65. The van der Waals surface area contributed by atoms with Crippen LogP contribution in [0.15, 0.2) is 0 Å². The molecule has 0 aromatic carbocycles. The molecule has 6 N–H and O–H groups in total. The predicted octanol–water partition coefficient (Wildman–Crippen LogP) is -2.00. The maximum Gasteiger partial charge on any atom is 0.404 e. The number of aliphatic hydroxyl groups excluding tert-OH is 1. The Kier molecular flexibility index (Phi) is 4.27. The van der Waals surface area contributed by atoms with Crippen LogP contribution in [0, 0.1) is 5.92 Å². The van der Waals surface area contributed by atoms with Gasteiger partial charge in [0, 0.05) is 12.5 Å². The summed E-state index contributed by atoms with van der Waals surface area (Å²) in [6, 6.07) is -1.07. The van der Waals surface area contributed by atoms with Crippen molar-refractivity contribution in [3.05, 3.63) is 0 Å². The number of hydrogen-bond acceptors (Lipinski definition) is 4. The Morgan fingerprint density at radius 2 is 2.24 bits per heavy atom. The summed E-state index contributed by atoms with van der Waals surface area (Å²) < 4.78 is 0.